The van der Waals surface area contributed by atoms with Crippen molar-refractivity contribution in [3.05, 3.63) is 35.4 Å². The molecule has 1 aliphatic rings. The van der Waals surface area contributed by atoms with E-state index in [1.54, 1.807) is 6.08 Å². The fraction of sp³-hybridized carbons (Fsp3) is 0.375. The van der Waals surface area contributed by atoms with Crippen molar-refractivity contribution in [3.63, 3.8) is 0 Å². The van der Waals surface area contributed by atoms with Gasteiger partial charge in [0.2, 0.25) is 0 Å². The zero-order valence-electron chi connectivity index (χ0n) is 12.2. The molecule has 0 unspecified atom stereocenters. The Balaban J connectivity index is 1.90. The third kappa shape index (κ3) is 4.08. The standard InChI is InChI=1S/C16H19NO4/c1-3-11(2)17-15(18)10-21-16(19)13-8-12-6-4-5-7-14(12)20-9-13/h4-8,11H,3,9-10H2,1-2H3,(H,17,18)/t11-/m0/s1. The van der Waals surface area contributed by atoms with E-state index in [4.69, 9.17) is 9.47 Å². The van der Waals surface area contributed by atoms with Gasteiger partial charge in [0.15, 0.2) is 6.61 Å². The van der Waals surface area contributed by atoms with Crippen LogP contribution in [-0.4, -0.2) is 31.1 Å². The number of carbonyl (C=O) groups excluding carboxylic acids is 2. The summed E-state index contributed by atoms with van der Waals surface area (Å²) in [6.07, 6.45) is 2.56. The predicted octanol–water partition coefficient (Wildman–Crippen LogP) is 1.92. The molecular weight excluding hydrogens is 270 g/mol. The van der Waals surface area contributed by atoms with E-state index in [0.29, 0.717) is 5.57 Å². The molecule has 5 nitrogen and oxygen atoms in total. The van der Waals surface area contributed by atoms with Crippen LogP contribution in [0.1, 0.15) is 25.8 Å². The van der Waals surface area contributed by atoms with Crippen molar-refractivity contribution in [1.82, 2.24) is 5.32 Å². The van der Waals surface area contributed by atoms with Crippen LogP contribution in [0.3, 0.4) is 0 Å². The molecule has 0 fully saturated rings. The van der Waals surface area contributed by atoms with Crippen molar-refractivity contribution >= 4 is 18.0 Å². The first kappa shape index (κ1) is 15.1. The number of amides is 1. The van der Waals surface area contributed by atoms with Crippen LogP contribution in [0.15, 0.2) is 29.8 Å². The van der Waals surface area contributed by atoms with Crippen LogP contribution >= 0.6 is 0 Å². The first-order valence-electron chi connectivity index (χ1n) is 6.99. The highest BCUT2D eigenvalue weighted by Gasteiger charge is 2.19. The molecule has 0 saturated carbocycles. The Morgan fingerprint density at radius 1 is 1.38 bits per heavy atom. The maximum absolute atomic E-state index is 11.9. The highest BCUT2D eigenvalue weighted by Crippen LogP contribution is 2.25. The van der Waals surface area contributed by atoms with Gasteiger partial charge in [-0.05, 0) is 25.5 Å². The largest absolute Gasteiger partial charge is 0.488 e. The van der Waals surface area contributed by atoms with Crippen LogP contribution in [0, 0.1) is 0 Å². The summed E-state index contributed by atoms with van der Waals surface area (Å²) in [5.74, 6) is -0.0807. The van der Waals surface area contributed by atoms with Crippen molar-refractivity contribution in [1.29, 1.82) is 0 Å². The molecule has 1 aliphatic heterocycles. The van der Waals surface area contributed by atoms with Crippen LogP contribution in [0.4, 0.5) is 0 Å². The predicted molar refractivity (Wildman–Crippen MR) is 78.8 cm³/mol. The molecule has 0 radical (unpaired) electrons. The van der Waals surface area contributed by atoms with E-state index in [2.05, 4.69) is 5.32 Å². The lowest BCUT2D eigenvalue weighted by Crippen LogP contribution is -2.35. The van der Waals surface area contributed by atoms with Crippen molar-refractivity contribution in [2.45, 2.75) is 26.3 Å². The molecule has 1 heterocycles. The third-order valence-electron chi connectivity index (χ3n) is 3.25. The van der Waals surface area contributed by atoms with Gasteiger partial charge in [0, 0.05) is 11.6 Å². The third-order valence-corrected chi connectivity index (χ3v) is 3.25. The number of nitrogens with one attached hydrogen (secondary N) is 1. The average Bonchev–Trinajstić information content (AvgIpc) is 2.51. The number of hydrogen-bond acceptors (Lipinski definition) is 4. The number of hydrogen-bond donors (Lipinski definition) is 1. The van der Waals surface area contributed by atoms with Crippen LogP contribution in [-0.2, 0) is 14.3 Å². The minimum Gasteiger partial charge on any atom is -0.488 e. The van der Waals surface area contributed by atoms with E-state index >= 15 is 0 Å². The smallest absolute Gasteiger partial charge is 0.338 e. The number of benzene rings is 1. The lowest BCUT2D eigenvalue weighted by atomic mass is 10.1. The molecule has 0 aliphatic carbocycles. The van der Waals surface area contributed by atoms with Crippen molar-refractivity contribution in [2.24, 2.45) is 0 Å². The minimum absolute atomic E-state index is 0.0697. The highest BCUT2D eigenvalue weighted by atomic mass is 16.5. The van der Waals surface area contributed by atoms with Gasteiger partial charge in [-0.3, -0.25) is 4.79 Å². The molecule has 112 valence electrons. The summed E-state index contributed by atoms with van der Waals surface area (Å²) >= 11 is 0. The number of fused-ring (bicyclic) bond motifs is 1. The molecule has 0 bridgehead atoms. The van der Waals surface area contributed by atoms with Gasteiger partial charge < -0.3 is 14.8 Å². The molecule has 1 aromatic carbocycles. The number of para-hydroxylation sites is 1. The number of carbonyl (C=O) groups is 2. The monoisotopic (exact) mass is 289 g/mol. The summed E-state index contributed by atoms with van der Waals surface area (Å²) in [5, 5.41) is 2.74. The first-order valence-corrected chi connectivity index (χ1v) is 6.99. The molecule has 0 spiro atoms. The summed E-state index contributed by atoms with van der Waals surface area (Å²) in [6, 6.07) is 7.51. The van der Waals surface area contributed by atoms with Crippen LogP contribution in [0.5, 0.6) is 5.75 Å². The van der Waals surface area contributed by atoms with Gasteiger partial charge in [0.25, 0.3) is 5.91 Å². The Hall–Kier alpha value is -2.30. The maximum Gasteiger partial charge on any atom is 0.338 e. The molecule has 0 aromatic heterocycles. The Kier molecular flexibility index (Phi) is 4.98. The Labute approximate surface area is 123 Å². The molecule has 1 aromatic rings. The average molecular weight is 289 g/mol. The van der Waals surface area contributed by atoms with E-state index in [0.717, 1.165) is 17.7 Å². The summed E-state index contributed by atoms with van der Waals surface area (Å²) < 4.78 is 10.5. The number of esters is 1. The zero-order chi connectivity index (χ0) is 15.2. The van der Waals surface area contributed by atoms with Gasteiger partial charge >= 0.3 is 5.97 Å². The number of rotatable bonds is 5. The fourth-order valence-electron chi connectivity index (χ4n) is 1.88. The molecule has 1 N–H and O–H groups in total. The fourth-order valence-corrected chi connectivity index (χ4v) is 1.88. The summed E-state index contributed by atoms with van der Waals surface area (Å²) in [7, 11) is 0. The second kappa shape index (κ2) is 6.92. The molecular formula is C16H19NO4. The van der Waals surface area contributed by atoms with Crippen molar-refractivity contribution < 1.29 is 19.1 Å². The van der Waals surface area contributed by atoms with E-state index in [1.165, 1.54) is 0 Å². The van der Waals surface area contributed by atoms with E-state index in [9.17, 15) is 9.59 Å². The van der Waals surface area contributed by atoms with Gasteiger partial charge in [0.05, 0.1) is 5.57 Å². The molecule has 2 rings (SSSR count). The van der Waals surface area contributed by atoms with Gasteiger partial charge in [-0.1, -0.05) is 25.1 Å². The van der Waals surface area contributed by atoms with Crippen LogP contribution in [0.25, 0.3) is 6.08 Å². The summed E-state index contributed by atoms with van der Waals surface area (Å²) in [6.45, 7) is 3.75. The normalized spacial score (nSPS) is 14.3. The molecule has 0 saturated heterocycles. The second-order valence-corrected chi connectivity index (χ2v) is 4.95. The Morgan fingerprint density at radius 3 is 2.90 bits per heavy atom. The highest BCUT2D eigenvalue weighted by molar-refractivity contribution is 5.96. The summed E-state index contributed by atoms with van der Waals surface area (Å²) in [4.78, 5) is 23.5. The zero-order valence-corrected chi connectivity index (χ0v) is 12.2. The van der Waals surface area contributed by atoms with E-state index in [1.807, 2.05) is 38.1 Å². The lowest BCUT2D eigenvalue weighted by Gasteiger charge is -2.17. The van der Waals surface area contributed by atoms with Crippen molar-refractivity contribution in [2.75, 3.05) is 13.2 Å². The van der Waals surface area contributed by atoms with E-state index < -0.39 is 5.97 Å². The van der Waals surface area contributed by atoms with E-state index in [-0.39, 0.29) is 25.2 Å². The topological polar surface area (TPSA) is 64.6 Å². The lowest BCUT2D eigenvalue weighted by molar-refractivity contribution is -0.145. The van der Waals surface area contributed by atoms with Gasteiger partial charge in [-0.2, -0.15) is 0 Å². The van der Waals surface area contributed by atoms with Crippen molar-refractivity contribution in [3.8, 4) is 5.75 Å². The quantitative estimate of drug-likeness (QED) is 0.841. The second-order valence-electron chi connectivity index (χ2n) is 4.95. The Bertz CT molecular complexity index is 565. The van der Waals surface area contributed by atoms with Gasteiger partial charge in [-0.25, -0.2) is 4.79 Å². The molecule has 5 heteroatoms. The molecule has 1 atom stereocenters. The summed E-state index contributed by atoms with van der Waals surface area (Å²) in [5.41, 5.74) is 1.24. The maximum atomic E-state index is 11.9. The number of ether oxygens (including phenoxy) is 2. The Morgan fingerprint density at radius 2 is 2.14 bits per heavy atom. The first-order chi connectivity index (χ1) is 10.1. The molecule has 1 amide bonds. The minimum atomic E-state index is -0.524. The van der Waals surface area contributed by atoms with Crippen LogP contribution < -0.4 is 10.1 Å². The van der Waals surface area contributed by atoms with Crippen LogP contribution in [0.2, 0.25) is 0 Å². The van der Waals surface area contributed by atoms with Gasteiger partial charge in [-0.15, -0.1) is 0 Å². The SMILES string of the molecule is CC[C@H](C)NC(=O)COC(=O)C1=Cc2ccccc2OC1. The molecule has 21 heavy (non-hydrogen) atoms. The van der Waals surface area contributed by atoms with Gasteiger partial charge in [0.1, 0.15) is 12.4 Å².